The Morgan fingerprint density at radius 3 is 3.08 bits per heavy atom. The van der Waals surface area contributed by atoms with Crippen LogP contribution in [0.5, 0.6) is 0 Å². The molecule has 2 aromatic rings. The fourth-order valence-electron chi connectivity index (χ4n) is 3.49. The van der Waals surface area contributed by atoms with Crippen LogP contribution < -0.4 is 5.32 Å². The Bertz CT molecular complexity index is 876. The van der Waals surface area contributed by atoms with E-state index in [9.17, 15) is 4.79 Å². The molecule has 0 spiro atoms. The Balaban J connectivity index is 1.77. The number of allylic oxidation sites excluding steroid dienone is 2. The predicted octanol–water partition coefficient (Wildman–Crippen LogP) is 4.85. The van der Waals surface area contributed by atoms with Crippen molar-refractivity contribution in [3.63, 3.8) is 0 Å². The van der Waals surface area contributed by atoms with Gasteiger partial charge in [0.15, 0.2) is 5.78 Å². The first-order valence-corrected chi connectivity index (χ1v) is 10.4. The van der Waals surface area contributed by atoms with E-state index in [-0.39, 0.29) is 11.8 Å². The summed E-state index contributed by atoms with van der Waals surface area (Å²) in [4.78, 5) is 17.4. The zero-order valence-electron chi connectivity index (χ0n) is 14.7. The molecule has 0 amide bonds. The molecule has 1 aromatic heterocycles. The summed E-state index contributed by atoms with van der Waals surface area (Å²) in [7, 11) is 0. The van der Waals surface area contributed by atoms with Gasteiger partial charge in [0, 0.05) is 28.5 Å². The van der Waals surface area contributed by atoms with Gasteiger partial charge in [-0.05, 0) is 37.0 Å². The highest BCUT2D eigenvalue weighted by molar-refractivity contribution is 7.99. The highest BCUT2D eigenvalue weighted by Gasteiger charge is 2.36. The van der Waals surface area contributed by atoms with Crippen LogP contribution in [-0.4, -0.2) is 26.3 Å². The number of anilines is 1. The van der Waals surface area contributed by atoms with Gasteiger partial charge in [-0.25, -0.2) is 4.68 Å². The quantitative estimate of drug-likeness (QED) is 0.586. The number of thioether (sulfide) groups is 1. The number of nitrogens with one attached hydrogen (secondary N) is 1. The van der Waals surface area contributed by atoms with Gasteiger partial charge >= 0.3 is 0 Å². The van der Waals surface area contributed by atoms with Gasteiger partial charge in [0.2, 0.25) is 11.1 Å². The number of carbonyl (C=O) groups excluding carboxylic acids is 1. The summed E-state index contributed by atoms with van der Waals surface area (Å²) in [6.07, 6.45) is 4.60. The Morgan fingerprint density at radius 1 is 1.38 bits per heavy atom. The van der Waals surface area contributed by atoms with E-state index in [4.69, 9.17) is 16.7 Å². The second-order valence-electron chi connectivity index (χ2n) is 6.62. The molecule has 5 nitrogen and oxygen atoms in total. The smallest absolute Gasteiger partial charge is 0.227 e. The van der Waals surface area contributed by atoms with E-state index in [0.29, 0.717) is 17.4 Å². The van der Waals surface area contributed by atoms with Crippen LogP contribution in [0.3, 0.4) is 0 Å². The van der Waals surface area contributed by atoms with E-state index in [0.717, 1.165) is 53.4 Å². The van der Waals surface area contributed by atoms with E-state index in [1.54, 1.807) is 11.8 Å². The number of nitrogens with zero attached hydrogens (tertiary/aromatic N) is 3. The number of unbranched alkanes of at least 4 members (excludes halogenated alkanes) is 1. The van der Waals surface area contributed by atoms with Crippen LogP contribution in [-0.2, 0) is 4.79 Å². The zero-order valence-corrected chi connectivity index (χ0v) is 16.2. The lowest BCUT2D eigenvalue weighted by molar-refractivity contribution is -0.116. The summed E-state index contributed by atoms with van der Waals surface area (Å²) >= 11 is 7.89. The molecular weight excluding hydrogens is 368 g/mol. The minimum Gasteiger partial charge on any atom is -0.328 e. The lowest BCUT2D eigenvalue weighted by Gasteiger charge is -2.32. The molecule has 2 aliphatic rings. The van der Waals surface area contributed by atoms with Crippen LogP contribution in [0.1, 0.15) is 50.6 Å². The van der Waals surface area contributed by atoms with Crippen LogP contribution in [0, 0.1) is 0 Å². The van der Waals surface area contributed by atoms with E-state index < -0.39 is 0 Å². The zero-order chi connectivity index (χ0) is 18.1. The molecule has 1 aromatic carbocycles. The van der Waals surface area contributed by atoms with Gasteiger partial charge < -0.3 is 5.32 Å². The average molecular weight is 389 g/mol. The molecule has 0 fully saturated rings. The van der Waals surface area contributed by atoms with Gasteiger partial charge in [0.25, 0.3) is 0 Å². The Labute approximate surface area is 162 Å². The first kappa shape index (κ1) is 17.6. The van der Waals surface area contributed by atoms with Crippen LogP contribution in [0.4, 0.5) is 5.95 Å². The number of carbonyl (C=O) groups is 1. The van der Waals surface area contributed by atoms with Crippen molar-refractivity contribution in [3.05, 3.63) is 46.1 Å². The van der Waals surface area contributed by atoms with Crippen LogP contribution >= 0.6 is 23.4 Å². The molecule has 7 heteroatoms. The fourth-order valence-corrected chi connectivity index (χ4v) is 4.60. The van der Waals surface area contributed by atoms with Crippen molar-refractivity contribution in [2.75, 3.05) is 11.1 Å². The Kier molecular flexibility index (Phi) is 5.05. The fraction of sp³-hybridized carbons (Fsp3) is 0.421. The highest BCUT2D eigenvalue weighted by atomic mass is 35.5. The van der Waals surface area contributed by atoms with Gasteiger partial charge in [0.1, 0.15) is 6.04 Å². The molecule has 136 valence electrons. The van der Waals surface area contributed by atoms with Crippen LogP contribution in [0.2, 0.25) is 5.02 Å². The highest BCUT2D eigenvalue weighted by Crippen LogP contribution is 2.40. The molecule has 0 unspecified atom stereocenters. The monoisotopic (exact) mass is 388 g/mol. The molecule has 0 bridgehead atoms. The average Bonchev–Trinajstić information content (AvgIpc) is 3.02. The van der Waals surface area contributed by atoms with Crippen molar-refractivity contribution in [3.8, 4) is 0 Å². The van der Waals surface area contributed by atoms with Gasteiger partial charge in [-0.2, -0.15) is 4.98 Å². The molecule has 1 atom stereocenters. The molecule has 4 rings (SSSR count). The van der Waals surface area contributed by atoms with E-state index in [1.165, 1.54) is 0 Å². The number of rotatable bonds is 5. The topological polar surface area (TPSA) is 59.8 Å². The minimum atomic E-state index is -0.263. The van der Waals surface area contributed by atoms with Crippen molar-refractivity contribution in [2.24, 2.45) is 0 Å². The first-order valence-electron chi connectivity index (χ1n) is 9.05. The van der Waals surface area contributed by atoms with Crippen molar-refractivity contribution in [2.45, 2.75) is 50.2 Å². The molecule has 26 heavy (non-hydrogen) atoms. The number of halogens is 1. The van der Waals surface area contributed by atoms with E-state index >= 15 is 0 Å². The molecular formula is C19H21ClN4OS. The lowest BCUT2D eigenvalue weighted by Crippen LogP contribution is -2.31. The van der Waals surface area contributed by atoms with Crippen LogP contribution in [0.15, 0.2) is 40.7 Å². The van der Waals surface area contributed by atoms with Gasteiger partial charge in [-0.15, -0.1) is 5.10 Å². The maximum absolute atomic E-state index is 12.7. The standard InChI is InChI=1S/C19H21ClN4OS/c1-2-3-10-26-19-22-18-21-14-8-5-9-15(25)16(14)17(24(18)23-19)12-6-4-7-13(20)11-12/h4,6-7,11,17H,2-3,5,8-10H2,1H3,(H,21,22,23)/t17-/m1/s1. The number of hydrogen-bond donors (Lipinski definition) is 1. The number of fused-ring (bicyclic) bond motifs is 1. The van der Waals surface area contributed by atoms with Crippen molar-refractivity contribution in [1.82, 2.24) is 14.8 Å². The summed E-state index contributed by atoms with van der Waals surface area (Å²) in [6.45, 7) is 2.17. The Morgan fingerprint density at radius 2 is 2.27 bits per heavy atom. The molecule has 1 aliphatic heterocycles. The maximum atomic E-state index is 12.7. The van der Waals surface area contributed by atoms with Gasteiger partial charge in [0.05, 0.1) is 0 Å². The molecule has 1 N–H and O–H groups in total. The molecule has 1 aliphatic carbocycles. The van der Waals surface area contributed by atoms with Crippen molar-refractivity contribution in [1.29, 1.82) is 0 Å². The first-order chi connectivity index (χ1) is 12.7. The maximum Gasteiger partial charge on any atom is 0.227 e. The minimum absolute atomic E-state index is 0.185. The number of hydrogen-bond acceptors (Lipinski definition) is 5. The number of aromatic nitrogens is 3. The second-order valence-corrected chi connectivity index (χ2v) is 8.11. The molecule has 0 saturated heterocycles. The van der Waals surface area contributed by atoms with E-state index in [2.05, 4.69) is 17.2 Å². The second kappa shape index (κ2) is 7.45. The normalized spacial score (nSPS) is 19.2. The number of benzene rings is 1. The number of ketones is 1. The third kappa shape index (κ3) is 3.28. The predicted molar refractivity (Wildman–Crippen MR) is 105 cm³/mol. The summed E-state index contributed by atoms with van der Waals surface area (Å²) in [5.41, 5.74) is 2.76. The molecule has 0 saturated carbocycles. The SMILES string of the molecule is CCCCSc1nc2n(n1)[C@H](c1cccc(Cl)c1)C1=C(CCCC1=O)N2. The van der Waals surface area contributed by atoms with Crippen molar-refractivity contribution < 1.29 is 4.79 Å². The largest absolute Gasteiger partial charge is 0.328 e. The number of Topliss-reactive ketones (excluding diaryl/α,β-unsaturated/α-hetero) is 1. The van der Waals surface area contributed by atoms with Crippen molar-refractivity contribution >= 4 is 35.1 Å². The summed E-state index contributed by atoms with van der Waals surface area (Å²) in [5, 5.41) is 9.48. The molecule has 2 heterocycles. The van der Waals surface area contributed by atoms with Gasteiger partial charge in [-0.3, -0.25) is 4.79 Å². The van der Waals surface area contributed by atoms with Gasteiger partial charge in [-0.1, -0.05) is 48.8 Å². The summed E-state index contributed by atoms with van der Waals surface area (Å²) in [5.74, 6) is 1.89. The summed E-state index contributed by atoms with van der Waals surface area (Å²) in [6, 6.07) is 7.42. The van der Waals surface area contributed by atoms with Crippen LogP contribution in [0.25, 0.3) is 0 Å². The third-order valence-corrected chi connectivity index (χ3v) is 5.90. The van der Waals surface area contributed by atoms with E-state index in [1.807, 2.05) is 28.9 Å². The third-order valence-electron chi connectivity index (χ3n) is 4.74. The lowest BCUT2D eigenvalue weighted by atomic mass is 9.85. The molecule has 0 radical (unpaired) electrons. The Hall–Kier alpha value is -1.79. The summed E-state index contributed by atoms with van der Waals surface area (Å²) < 4.78 is 1.85.